The third kappa shape index (κ3) is 3.61. The maximum absolute atomic E-state index is 10.3. The van der Waals surface area contributed by atoms with Crippen LogP contribution in [-0.2, 0) is 0 Å². The van der Waals surface area contributed by atoms with E-state index in [0.29, 0.717) is 12.5 Å². The van der Waals surface area contributed by atoms with Crippen molar-refractivity contribution in [3.8, 4) is 0 Å². The molecule has 3 N–H and O–H groups in total. The van der Waals surface area contributed by atoms with E-state index in [0.717, 1.165) is 24.5 Å². The molecular weight excluding hydrogens is 292 g/mol. The van der Waals surface area contributed by atoms with Gasteiger partial charge in [0.05, 0.1) is 6.10 Å². The van der Waals surface area contributed by atoms with Gasteiger partial charge in [-0.3, -0.25) is 5.10 Å². The number of pyridine rings is 1. The molecular formula is C16H24N6O. The summed E-state index contributed by atoms with van der Waals surface area (Å²) in [7, 11) is 3.83. The number of anilines is 2. The number of hydrogen-bond acceptors (Lipinski definition) is 6. The van der Waals surface area contributed by atoms with Gasteiger partial charge in [0.15, 0.2) is 0 Å². The minimum atomic E-state index is -0.329. The Morgan fingerprint density at radius 1 is 1.39 bits per heavy atom. The first-order valence-electron chi connectivity index (χ1n) is 7.97. The zero-order chi connectivity index (χ0) is 16.4. The normalized spacial score (nSPS) is 23.9. The fraction of sp³-hybridized carbons (Fsp3) is 0.562. The molecule has 2 heterocycles. The molecule has 3 rings (SSSR count). The van der Waals surface area contributed by atoms with Crippen LogP contribution in [0.2, 0.25) is 0 Å². The predicted molar refractivity (Wildman–Crippen MR) is 89.6 cm³/mol. The summed E-state index contributed by atoms with van der Waals surface area (Å²) in [5.74, 6) is 2.82. The number of H-pyrrole nitrogens is 1. The van der Waals surface area contributed by atoms with Crippen LogP contribution in [0.15, 0.2) is 18.3 Å². The summed E-state index contributed by atoms with van der Waals surface area (Å²) in [6.45, 7) is 2.75. The molecule has 7 heteroatoms. The second kappa shape index (κ2) is 6.54. The lowest BCUT2D eigenvalue weighted by Crippen LogP contribution is -2.22. The van der Waals surface area contributed by atoms with Crippen molar-refractivity contribution < 1.29 is 5.11 Å². The summed E-state index contributed by atoms with van der Waals surface area (Å²) in [4.78, 5) is 10.7. The van der Waals surface area contributed by atoms with Crippen LogP contribution in [0.4, 0.5) is 11.8 Å². The fourth-order valence-electron chi connectivity index (χ4n) is 3.06. The van der Waals surface area contributed by atoms with Crippen LogP contribution in [0.3, 0.4) is 0 Å². The zero-order valence-corrected chi connectivity index (χ0v) is 13.8. The third-order valence-corrected chi connectivity index (χ3v) is 4.40. The molecule has 7 nitrogen and oxygen atoms in total. The first-order valence-corrected chi connectivity index (χ1v) is 7.97. The van der Waals surface area contributed by atoms with E-state index < -0.39 is 0 Å². The van der Waals surface area contributed by atoms with Crippen molar-refractivity contribution >= 4 is 11.8 Å². The van der Waals surface area contributed by atoms with E-state index in [1.807, 2.05) is 38.1 Å². The number of aromatic amines is 1. The molecule has 0 unspecified atom stereocenters. The fourth-order valence-corrected chi connectivity index (χ4v) is 3.06. The van der Waals surface area contributed by atoms with E-state index in [1.165, 1.54) is 5.56 Å². The van der Waals surface area contributed by atoms with Gasteiger partial charge in [0, 0.05) is 38.7 Å². The lowest BCUT2D eigenvalue weighted by Gasteiger charge is -2.15. The first kappa shape index (κ1) is 15.7. The van der Waals surface area contributed by atoms with Gasteiger partial charge in [-0.25, -0.2) is 4.98 Å². The molecule has 23 heavy (non-hydrogen) atoms. The maximum atomic E-state index is 10.3. The van der Waals surface area contributed by atoms with E-state index in [2.05, 4.69) is 25.5 Å². The van der Waals surface area contributed by atoms with Gasteiger partial charge in [0.1, 0.15) is 11.6 Å². The summed E-state index contributed by atoms with van der Waals surface area (Å²) < 4.78 is 0. The summed E-state index contributed by atoms with van der Waals surface area (Å²) >= 11 is 0. The summed E-state index contributed by atoms with van der Waals surface area (Å²) in [6.07, 6.45) is 3.07. The Morgan fingerprint density at radius 3 is 2.91 bits per heavy atom. The van der Waals surface area contributed by atoms with Gasteiger partial charge in [-0.15, -0.1) is 5.10 Å². The Morgan fingerprint density at radius 2 is 2.22 bits per heavy atom. The van der Waals surface area contributed by atoms with Crippen molar-refractivity contribution in [3.05, 3.63) is 29.7 Å². The Balaban J connectivity index is 1.59. The molecule has 1 aliphatic rings. The molecule has 3 atom stereocenters. The van der Waals surface area contributed by atoms with Crippen molar-refractivity contribution in [1.82, 2.24) is 20.2 Å². The number of aromatic nitrogens is 4. The predicted octanol–water partition coefficient (Wildman–Crippen LogP) is 1.54. The molecule has 2 aromatic heterocycles. The van der Waals surface area contributed by atoms with Gasteiger partial charge in [0.25, 0.3) is 0 Å². The van der Waals surface area contributed by atoms with Crippen molar-refractivity contribution in [2.75, 3.05) is 30.9 Å². The molecule has 0 radical (unpaired) electrons. The molecule has 2 aromatic rings. The van der Waals surface area contributed by atoms with Gasteiger partial charge in [-0.2, -0.15) is 4.98 Å². The number of hydrogen-bond donors (Lipinski definition) is 3. The Bertz CT molecular complexity index is 656. The molecule has 0 saturated heterocycles. The van der Waals surface area contributed by atoms with Crippen LogP contribution in [0.1, 0.15) is 30.1 Å². The highest BCUT2D eigenvalue weighted by Gasteiger charge is 2.35. The van der Waals surface area contributed by atoms with Crippen LogP contribution in [0, 0.1) is 12.8 Å². The number of rotatable bonds is 5. The minimum Gasteiger partial charge on any atom is -0.393 e. The van der Waals surface area contributed by atoms with Crippen molar-refractivity contribution in [2.45, 2.75) is 31.8 Å². The second-order valence-corrected chi connectivity index (χ2v) is 6.51. The van der Waals surface area contributed by atoms with E-state index in [1.54, 1.807) is 6.20 Å². The van der Waals surface area contributed by atoms with Crippen LogP contribution in [-0.4, -0.2) is 52.0 Å². The summed E-state index contributed by atoms with van der Waals surface area (Å²) in [5, 5.41) is 20.9. The van der Waals surface area contributed by atoms with E-state index >= 15 is 0 Å². The average Bonchev–Trinajstić information content (AvgIpc) is 3.12. The Kier molecular flexibility index (Phi) is 4.47. The van der Waals surface area contributed by atoms with Gasteiger partial charge in [-0.05, 0) is 37.5 Å². The molecule has 0 spiro atoms. The lowest BCUT2D eigenvalue weighted by molar-refractivity contribution is 0.137. The number of aryl methyl sites for hydroxylation is 1. The molecule has 124 valence electrons. The van der Waals surface area contributed by atoms with Crippen LogP contribution < -0.4 is 10.2 Å². The Labute approximate surface area is 136 Å². The monoisotopic (exact) mass is 316 g/mol. The zero-order valence-electron chi connectivity index (χ0n) is 13.8. The topological polar surface area (TPSA) is 90.0 Å². The third-order valence-electron chi connectivity index (χ3n) is 4.40. The molecule has 0 aromatic carbocycles. The molecule has 0 amide bonds. The summed E-state index contributed by atoms with van der Waals surface area (Å²) in [6, 6.07) is 3.98. The highest BCUT2D eigenvalue weighted by Crippen LogP contribution is 2.37. The quantitative estimate of drug-likeness (QED) is 0.775. The minimum absolute atomic E-state index is 0.190. The van der Waals surface area contributed by atoms with E-state index in [4.69, 9.17) is 0 Å². The molecule has 1 saturated carbocycles. The van der Waals surface area contributed by atoms with Crippen molar-refractivity contribution in [1.29, 1.82) is 0 Å². The molecule has 1 aliphatic carbocycles. The lowest BCUT2D eigenvalue weighted by atomic mass is 10.0. The smallest absolute Gasteiger partial charge is 0.244 e. The van der Waals surface area contributed by atoms with Gasteiger partial charge in [0.2, 0.25) is 5.95 Å². The van der Waals surface area contributed by atoms with Crippen LogP contribution >= 0.6 is 0 Å². The molecule has 1 fully saturated rings. The summed E-state index contributed by atoms with van der Waals surface area (Å²) in [5.41, 5.74) is 1.17. The maximum Gasteiger partial charge on any atom is 0.244 e. The molecule has 0 bridgehead atoms. The number of aliphatic hydroxyl groups excluding tert-OH is 1. The number of nitrogens with zero attached hydrogens (tertiary/aromatic N) is 4. The van der Waals surface area contributed by atoms with E-state index in [-0.39, 0.29) is 17.9 Å². The van der Waals surface area contributed by atoms with Gasteiger partial charge >= 0.3 is 0 Å². The largest absolute Gasteiger partial charge is 0.393 e. The average molecular weight is 316 g/mol. The molecule has 0 aliphatic heterocycles. The van der Waals surface area contributed by atoms with Crippen molar-refractivity contribution in [3.63, 3.8) is 0 Å². The van der Waals surface area contributed by atoms with Crippen LogP contribution in [0.5, 0.6) is 0 Å². The first-order chi connectivity index (χ1) is 11.0. The highest BCUT2D eigenvalue weighted by molar-refractivity contribution is 5.37. The van der Waals surface area contributed by atoms with Crippen LogP contribution in [0.25, 0.3) is 0 Å². The number of nitrogens with one attached hydrogen (secondary N) is 2. The Hall–Kier alpha value is -2.15. The standard InChI is InChI=1S/C16H24N6O/c1-10-4-5-17-14(6-10)18-9-12-7-11(8-13(12)23)15-19-16(21-20-15)22(2)3/h4-6,11-13,23H,7-9H2,1-3H3,(H,17,18)(H,19,20,21)/t11-,12+,13+/m0/s1. The highest BCUT2D eigenvalue weighted by atomic mass is 16.3. The van der Waals surface area contributed by atoms with Gasteiger partial charge < -0.3 is 15.3 Å². The van der Waals surface area contributed by atoms with Gasteiger partial charge in [-0.1, -0.05) is 0 Å². The van der Waals surface area contributed by atoms with E-state index in [9.17, 15) is 5.11 Å². The van der Waals surface area contributed by atoms with Crippen molar-refractivity contribution in [2.24, 2.45) is 5.92 Å². The SMILES string of the molecule is Cc1ccnc(NC[C@H]2C[C@H](c3nc(N(C)C)n[nH]3)C[C@H]2O)c1. The number of aliphatic hydroxyl groups is 1. The second-order valence-electron chi connectivity index (χ2n) is 6.51.